The Kier molecular flexibility index (Phi) is 4.84. The van der Waals surface area contributed by atoms with Gasteiger partial charge in [-0.25, -0.2) is 4.39 Å². The molecule has 0 heterocycles. The minimum Gasteiger partial charge on any atom is -0.316 e. The van der Waals surface area contributed by atoms with Crippen molar-refractivity contribution in [2.24, 2.45) is 5.73 Å². The minimum atomic E-state index is -4.82. The highest BCUT2D eigenvalue weighted by Gasteiger charge is 2.41. The van der Waals surface area contributed by atoms with E-state index in [2.05, 4.69) is 0 Å². The Morgan fingerprint density at radius 3 is 2.29 bits per heavy atom. The largest absolute Gasteiger partial charge is 0.407 e. The molecular formula is C8H7ClF4N2O2. The smallest absolute Gasteiger partial charge is 0.316 e. The van der Waals surface area contributed by atoms with Gasteiger partial charge in [0, 0.05) is 0 Å². The molecule has 17 heavy (non-hydrogen) atoms. The second kappa shape index (κ2) is 5.28. The fraction of sp³-hybridized carbons (Fsp3) is 0.250. The fourth-order valence-electron chi connectivity index (χ4n) is 1.11. The highest BCUT2D eigenvalue weighted by atomic mass is 35.5. The second-order valence-electron chi connectivity index (χ2n) is 2.98. The summed E-state index contributed by atoms with van der Waals surface area (Å²) < 4.78 is 49.4. The molecule has 96 valence electrons. The Labute approximate surface area is 99.0 Å². The summed E-state index contributed by atoms with van der Waals surface area (Å²) >= 11 is 0. The average molecular weight is 275 g/mol. The molecule has 2 N–H and O–H groups in total. The molecule has 1 aromatic rings. The maximum Gasteiger partial charge on any atom is 0.407 e. The molecule has 0 aliphatic heterocycles. The molecule has 0 aliphatic carbocycles. The van der Waals surface area contributed by atoms with Gasteiger partial charge >= 0.3 is 6.18 Å². The van der Waals surface area contributed by atoms with Crippen LogP contribution in [-0.4, -0.2) is 11.1 Å². The van der Waals surface area contributed by atoms with Gasteiger partial charge in [-0.1, -0.05) is 0 Å². The summed E-state index contributed by atoms with van der Waals surface area (Å²) in [4.78, 5) is 9.31. The van der Waals surface area contributed by atoms with E-state index in [1.165, 1.54) is 0 Å². The molecule has 1 atom stereocenters. The van der Waals surface area contributed by atoms with Gasteiger partial charge in [-0.15, -0.1) is 12.4 Å². The summed E-state index contributed by atoms with van der Waals surface area (Å²) in [6, 6.07) is -0.756. The van der Waals surface area contributed by atoms with Gasteiger partial charge in [-0.3, -0.25) is 10.1 Å². The predicted octanol–water partition coefficient (Wildman–Crippen LogP) is 2.72. The summed E-state index contributed by atoms with van der Waals surface area (Å²) in [7, 11) is 0. The maximum atomic E-state index is 12.6. The van der Waals surface area contributed by atoms with Crippen molar-refractivity contribution < 1.29 is 22.5 Å². The quantitative estimate of drug-likeness (QED) is 0.512. The Morgan fingerprint density at radius 2 is 1.88 bits per heavy atom. The van der Waals surface area contributed by atoms with Gasteiger partial charge in [0.05, 0.1) is 16.6 Å². The van der Waals surface area contributed by atoms with Crippen LogP contribution in [0.1, 0.15) is 11.6 Å². The fourth-order valence-corrected chi connectivity index (χ4v) is 1.11. The molecule has 4 nitrogen and oxygen atoms in total. The van der Waals surface area contributed by atoms with Crippen molar-refractivity contribution in [3.63, 3.8) is 0 Å². The van der Waals surface area contributed by atoms with E-state index in [-0.39, 0.29) is 12.4 Å². The number of halogens is 5. The van der Waals surface area contributed by atoms with Crippen molar-refractivity contribution in [3.05, 3.63) is 39.7 Å². The third-order valence-corrected chi connectivity index (χ3v) is 1.88. The van der Waals surface area contributed by atoms with E-state index in [0.29, 0.717) is 18.2 Å². The first kappa shape index (κ1) is 15.6. The van der Waals surface area contributed by atoms with E-state index >= 15 is 0 Å². The summed E-state index contributed by atoms with van der Waals surface area (Å²) in [6.07, 6.45) is -4.82. The Balaban J connectivity index is 0.00000256. The van der Waals surface area contributed by atoms with Gasteiger partial charge in [0.2, 0.25) is 0 Å². The van der Waals surface area contributed by atoms with Crippen LogP contribution in [0.4, 0.5) is 23.2 Å². The number of hydrogen-bond acceptors (Lipinski definition) is 3. The number of benzene rings is 1. The van der Waals surface area contributed by atoms with Crippen molar-refractivity contribution in [3.8, 4) is 0 Å². The molecule has 0 saturated heterocycles. The molecule has 0 radical (unpaired) electrons. The number of rotatable bonds is 2. The third kappa shape index (κ3) is 3.53. The lowest BCUT2D eigenvalue weighted by molar-refractivity contribution is -0.386. The number of nitrogens with zero attached hydrogens (tertiary/aromatic N) is 1. The van der Waals surface area contributed by atoms with Crippen molar-refractivity contribution in [2.75, 3.05) is 0 Å². The summed E-state index contributed by atoms with van der Waals surface area (Å²) in [6.45, 7) is 0. The summed E-state index contributed by atoms with van der Waals surface area (Å²) in [5, 5.41) is 10.4. The van der Waals surface area contributed by atoms with Crippen LogP contribution in [0.2, 0.25) is 0 Å². The van der Waals surface area contributed by atoms with Crippen molar-refractivity contribution in [1.82, 2.24) is 0 Å². The van der Waals surface area contributed by atoms with Crippen molar-refractivity contribution in [1.29, 1.82) is 0 Å². The first-order chi connectivity index (χ1) is 7.23. The molecule has 0 saturated carbocycles. The predicted molar refractivity (Wildman–Crippen MR) is 53.3 cm³/mol. The summed E-state index contributed by atoms with van der Waals surface area (Å²) in [5.41, 5.74) is 3.06. The van der Waals surface area contributed by atoms with E-state index in [4.69, 9.17) is 5.73 Å². The number of nitro benzene ring substituents is 1. The molecule has 1 rings (SSSR count). The van der Waals surface area contributed by atoms with Gasteiger partial charge < -0.3 is 5.73 Å². The summed E-state index contributed by atoms with van der Waals surface area (Å²) in [5.74, 6) is -0.996. The molecule has 0 spiro atoms. The van der Waals surface area contributed by atoms with Crippen LogP contribution in [0.3, 0.4) is 0 Å². The van der Waals surface area contributed by atoms with E-state index in [0.717, 1.165) is 0 Å². The lowest BCUT2D eigenvalue weighted by Crippen LogP contribution is -2.29. The number of nitrogens with two attached hydrogens (primary N) is 1. The van der Waals surface area contributed by atoms with E-state index in [9.17, 15) is 27.7 Å². The SMILES string of the molecule is Cl.N[C@@H](c1ccc(F)cc1[N+](=O)[O-])C(F)(F)F. The first-order valence-corrected chi connectivity index (χ1v) is 3.99. The minimum absolute atomic E-state index is 0. The molecular weight excluding hydrogens is 268 g/mol. The van der Waals surface area contributed by atoms with Crippen LogP contribution < -0.4 is 5.73 Å². The van der Waals surface area contributed by atoms with Gasteiger partial charge in [0.1, 0.15) is 11.9 Å². The molecule has 0 aromatic heterocycles. The Bertz CT molecular complexity index is 424. The molecule has 1 aromatic carbocycles. The Hall–Kier alpha value is -1.41. The zero-order valence-electron chi connectivity index (χ0n) is 8.07. The second-order valence-corrected chi connectivity index (χ2v) is 2.98. The number of nitro groups is 1. The maximum absolute atomic E-state index is 12.6. The average Bonchev–Trinajstić information content (AvgIpc) is 2.15. The molecule has 0 amide bonds. The molecule has 0 fully saturated rings. The van der Waals surface area contributed by atoms with Gasteiger partial charge in [-0.05, 0) is 12.1 Å². The normalized spacial score (nSPS) is 12.8. The molecule has 0 unspecified atom stereocenters. The van der Waals surface area contributed by atoms with Gasteiger partial charge in [0.25, 0.3) is 5.69 Å². The third-order valence-electron chi connectivity index (χ3n) is 1.88. The number of hydrogen-bond donors (Lipinski definition) is 1. The topological polar surface area (TPSA) is 69.2 Å². The monoisotopic (exact) mass is 274 g/mol. The first-order valence-electron chi connectivity index (χ1n) is 3.99. The van der Waals surface area contributed by atoms with E-state index in [1.807, 2.05) is 0 Å². The van der Waals surface area contributed by atoms with Crippen LogP contribution in [0, 0.1) is 15.9 Å². The van der Waals surface area contributed by atoms with Crippen LogP contribution in [0.15, 0.2) is 18.2 Å². The molecule has 0 aliphatic rings. The highest BCUT2D eigenvalue weighted by molar-refractivity contribution is 5.85. The molecule has 0 bridgehead atoms. The van der Waals surface area contributed by atoms with E-state index in [1.54, 1.807) is 0 Å². The van der Waals surface area contributed by atoms with Gasteiger partial charge in [-0.2, -0.15) is 13.2 Å². The number of alkyl halides is 3. The van der Waals surface area contributed by atoms with Crippen LogP contribution >= 0.6 is 12.4 Å². The Morgan fingerprint density at radius 1 is 1.35 bits per heavy atom. The molecule has 9 heteroatoms. The lowest BCUT2D eigenvalue weighted by Gasteiger charge is -2.15. The zero-order chi connectivity index (χ0) is 12.5. The van der Waals surface area contributed by atoms with Crippen LogP contribution in [0.5, 0.6) is 0 Å². The van der Waals surface area contributed by atoms with Gasteiger partial charge in [0.15, 0.2) is 0 Å². The van der Waals surface area contributed by atoms with E-state index < -0.39 is 34.2 Å². The zero-order valence-corrected chi connectivity index (χ0v) is 8.89. The highest BCUT2D eigenvalue weighted by Crippen LogP contribution is 2.35. The van der Waals surface area contributed by atoms with Crippen molar-refractivity contribution >= 4 is 18.1 Å². The van der Waals surface area contributed by atoms with Crippen LogP contribution in [-0.2, 0) is 0 Å². The van der Waals surface area contributed by atoms with Crippen molar-refractivity contribution in [2.45, 2.75) is 12.2 Å². The standard InChI is InChI=1S/C8H6F4N2O2.ClH/c9-4-1-2-5(6(3-4)14(15)16)7(13)8(10,11)12;/h1-3,7H,13H2;1H/t7-;/m0./s1. The lowest BCUT2D eigenvalue weighted by atomic mass is 10.1. The van der Waals surface area contributed by atoms with Crippen LogP contribution in [0.25, 0.3) is 0 Å².